The lowest BCUT2D eigenvalue weighted by molar-refractivity contribution is -0.117. The predicted octanol–water partition coefficient (Wildman–Crippen LogP) is 2.03. The Balaban J connectivity index is 2.05. The van der Waals surface area contributed by atoms with Crippen LogP contribution in [0.4, 0.5) is 10.1 Å². The van der Waals surface area contributed by atoms with Crippen LogP contribution in [0, 0.1) is 5.82 Å². The topological polar surface area (TPSA) is 72.9 Å². The zero-order valence-corrected chi connectivity index (χ0v) is 12.4. The fourth-order valence-electron chi connectivity index (χ4n) is 1.81. The number of carbonyl (C=O) groups excluding carboxylic acids is 1. The molecular weight excluding hydrogens is 291 g/mol. The van der Waals surface area contributed by atoms with E-state index in [2.05, 4.69) is 10.3 Å². The molecule has 2 aromatic rings. The molecule has 0 radical (unpaired) electrons. The van der Waals surface area contributed by atoms with Crippen LogP contribution in [0.2, 0.25) is 0 Å². The van der Waals surface area contributed by atoms with E-state index in [4.69, 9.17) is 5.73 Å². The Morgan fingerprint density at radius 1 is 1.57 bits per heavy atom. The molecule has 21 heavy (non-hydrogen) atoms. The first-order valence-corrected chi connectivity index (χ1v) is 7.84. The third-order valence-corrected chi connectivity index (χ3v) is 3.61. The quantitative estimate of drug-likeness (QED) is 0.856. The molecule has 5 nitrogen and oxygen atoms in total. The van der Waals surface area contributed by atoms with Gasteiger partial charge in [0.05, 0.1) is 18.1 Å². The summed E-state index contributed by atoms with van der Waals surface area (Å²) in [5, 5.41) is 2.63. The fourth-order valence-corrected chi connectivity index (χ4v) is 2.30. The number of aromatic nitrogens is 2. The second-order valence-electron chi connectivity index (χ2n) is 4.51. The third-order valence-electron chi connectivity index (χ3n) is 2.97. The van der Waals surface area contributed by atoms with Crippen LogP contribution in [0.15, 0.2) is 36.9 Å². The molecule has 7 heteroatoms. The zero-order valence-electron chi connectivity index (χ0n) is 11.6. The number of amides is 1. The number of rotatable bonds is 6. The largest absolute Gasteiger partial charge is 0.325 e. The van der Waals surface area contributed by atoms with Gasteiger partial charge in [-0.3, -0.25) is 4.79 Å². The minimum Gasteiger partial charge on any atom is -0.325 e. The maximum absolute atomic E-state index is 14.0. The van der Waals surface area contributed by atoms with Gasteiger partial charge in [-0.2, -0.15) is 11.8 Å². The molecule has 1 atom stereocenters. The van der Waals surface area contributed by atoms with Gasteiger partial charge in [0.1, 0.15) is 5.82 Å². The molecule has 0 bridgehead atoms. The zero-order chi connectivity index (χ0) is 15.2. The predicted molar refractivity (Wildman–Crippen MR) is 83.1 cm³/mol. The summed E-state index contributed by atoms with van der Waals surface area (Å²) < 4.78 is 15.6. The maximum atomic E-state index is 14.0. The summed E-state index contributed by atoms with van der Waals surface area (Å²) in [6.45, 7) is 0. The first-order chi connectivity index (χ1) is 10.1. The van der Waals surface area contributed by atoms with Crippen molar-refractivity contribution in [2.75, 3.05) is 17.3 Å². The van der Waals surface area contributed by atoms with Gasteiger partial charge in [0.25, 0.3) is 0 Å². The van der Waals surface area contributed by atoms with E-state index in [9.17, 15) is 9.18 Å². The number of thioether (sulfide) groups is 1. The molecule has 1 heterocycles. The van der Waals surface area contributed by atoms with Gasteiger partial charge >= 0.3 is 0 Å². The first-order valence-electron chi connectivity index (χ1n) is 6.45. The van der Waals surface area contributed by atoms with Crippen molar-refractivity contribution in [2.24, 2.45) is 5.73 Å². The Bertz CT molecular complexity index is 603. The molecule has 1 aromatic heterocycles. The van der Waals surface area contributed by atoms with E-state index in [0.717, 1.165) is 5.75 Å². The van der Waals surface area contributed by atoms with Crippen LogP contribution < -0.4 is 11.1 Å². The standard InChI is InChI=1S/C14H17FN4OS/c1-21-7-4-12(16)14(20)18-10-2-3-13(11(15)8-10)19-6-5-17-9-19/h2-3,5-6,8-9,12H,4,7,16H2,1H3,(H,18,20)/t12-/m0/s1. The highest BCUT2D eigenvalue weighted by Gasteiger charge is 2.14. The number of nitrogens with zero attached hydrogens (tertiary/aromatic N) is 2. The van der Waals surface area contributed by atoms with Crippen LogP contribution >= 0.6 is 11.8 Å². The second-order valence-corrected chi connectivity index (χ2v) is 5.50. The van der Waals surface area contributed by atoms with Gasteiger partial charge in [0, 0.05) is 18.1 Å². The van der Waals surface area contributed by atoms with E-state index in [0.29, 0.717) is 17.8 Å². The van der Waals surface area contributed by atoms with Crippen molar-refractivity contribution in [2.45, 2.75) is 12.5 Å². The van der Waals surface area contributed by atoms with Crippen molar-refractivity contribution >= 4 is 23.4 Å². The van der Waals surface area contributed by atoms with Crippen LogP contribution in [0.1, 0.15) is 6.42 Å². The van der Waals surface area contributed by atoms with E-state index in [1.807, 2.05) is 6.26 Å². The van der Waals surface area contributed by atoms with E-state index in [-0.39, 0.29) is 5.91 Å². The minimum atomic E-state index is -0.589. The molecule has 0 aliphatic rings. The molecule has 0 saturated heterocycles. The average Bonchev–Trinajstić information content (AvgIpc) is 2.98. The van der Waals surface area contributed by atoms with Gasteiger partial charge in [-0.1, -0.05) is 0 Å². The smallest absolute Gasteiger partial charge is 0.241 e. The summed E-state index contributed by atoms with van der Waals surface area (Å²) in [5.41, 5.74) is 6.53. The van der Waals surface area contributed by atoms with Gasteiger partial charge in [-0.25, -0.2) is 9.37 Å². The normalized spacial score (nSPS) is 12.1. The van der Waals surface area contributed by atoms with Crippen LogP contribution in [0.25, 0.3) is 5.69 Å². The maximum Gasteiger partial charge on any atom is 0.241 e. The molecule has 0 spiro atoms. The molecule has 0 fully saturated rings. The van der Waals surface area contributed by atoms with Crippen molar-refractivity contribution in [3.8, 4) is 5.69 Å². The minimum absolute atomic E-state index is 0.307. The summed E-state index contributed by atoms with van der Waals surface area (Å²) in [7, 11) is 0. The number of imidazole rings is 1. The highest BCUT2D eigenvalue weighted by Crippen LogP contribution is 2.18. The van der Waals surface area contributed by atoms with Crippen molar-refractivity contribution in [1.29, 1.82) is 0 Å². The Labute approximate surface area is 126 Å². The summed E-state index contributed by atoms with van der Waals surface area (Å²) in [6, 6.07) is 3.90. The molecule has 0 aliphatic heterocycles. The average molecular weight is 308 g/mol. The SMILES string of the molecule is CSCC[C@H](N)C(=O)Nc1ccc(-n2ccnc2)c(F)c1. The van der Waals surface area contributed by atoms with Crippen LogP contribution in [-0.2, 0) is 4.79 Å². The monoisotopic (exact) mass is 308 g/mol. The van der Waals surface area contributed by atoms with E-state index in [1.165, 1.54) is 12.4 Å². The number of hydrogen-bond acceptors (Lipinski definition) is 4. The van der Waals surface area contributed by atoms with Gasteiger partial charge < -0.3 is 15.6 Å². The first kappa shape index (κ1) is 15.5. The van der Waals surface area contributed by atoms with Crippen LogP contribution in [0.3, 0.4) is 0 Å². The van der Waals surface area contributed by atoms with Crippen molar-refractivity contribution in [3.05, 3.63) is 42.7 Å². The fraction of sp³-hybridized carbons (Fsp3) is 0.286. The lowest BCUT2D eigenvalue weighted by Crippen LogP contribution is -2.36. The second kappa shape index (κ2) is 7.24. The Hall–Kier alpha value is -1.86. The highest BCUT2D eigenvalue weighted by atomic mass is 32.2. The number of benzene rings is 1. The number of hydrogen-bond donors (Lipinski definition) is 2. The van der Waals surface area contributed by atoms with E-state index >= 15 is 0 Å². The number of nitrogens with two attached hydrogens (primary N) is 1. The van der Waals surface area contributed by atoms with Crippen LogP contribution in [0.5, 0.6) is 0 Å². The van der Waals surface area contributed by atoms with Gasteiger partial charge in [0.15, 0.2) is 0 Å². The van der Waals surface area contributed by atoms with E-state index in [1.54, 1.807) is 40.9 Å². The number of carbonyl (C=O) groups is 1. The van der Waals surface area contributed by atoms with Gasteiger partial charge in [-0.05, 0) is 36.6 Å². The van der Waals surface area contributed by atoms with Crippen molar-refractivity contribution in [3.63, 3.8) is 0 Å². The van der Waals surface area contributed by atoms with Gasteiger partial charge in [-0.15, -0.1) is 0 Å². The Morgan fingerprint density at radius 3 is 3.00 bits per heavy atom. The molecule has 3 N–H and O–H groups in total. The molecule has 112 valence electrons. The molecule has 0 unspecified atom stereocenters. The summed E-state index contributed by atoms with van der Waals surface area (Å²) in [5.74, 6) is 0.0602. The number of nitrogens with one attached hydrogen (secondary N) is 1. The molecule has 0 saturated carbocycles. The Morgan fingerprint density at radius 2 is 2.38 bits per heavy atom. The summed E-state index contributed by atoms with van der Waals surface area (Å²) in [6.07, 6.45) is 7.27. The molecular formula is C14H17FN4OS. The number of anilines is 1. The molecule has 1 aromatic carbocycles. The highest BCUT2D eigenvalue weighted by molar-refractivity contribution is 7.98. The van der Waals surface area contributed by atoms with Crippen molar-refractivity contribution < 1.29 is 9.18 Å². The van der Waals surface area contributed by atoms with Crippen LogP contribution in [-0.4, -0.2) is 33.5 Å². The molecule has 0 aliphatic carbocycles. The summed E-state index contributed by atoms with van der Waals surface area (Å²) in [4.78, 5) is 15.7. The third kappa shape index (κ3) is 4.05. The van der Waals surface area contributed by atoms with Gasteiger partial charge in [0.2, 0.25) is 5.91 Å². The molecule has 2 rings (SSSR count). The van der Waals surface area contributed by atoms with Crippen molar-refractivity contribution in [1.82, 2.24) is 9.55 Å². The lowest BCUT2D eigenvalue weighted by Gasteiger charge is -2.12. The number of halogens is 1. The Kier molecular flexibility index (Phi) is 5.35. The van der Waals surface area contributed by atoms with E-state index < -0.39 is 11.9 Å². The lowest BCUT2D eigenvalue weighted by atomic mass is 10.2. The summed E-state index contributed by atoms with van der Waals surface area (Å²) >= 11 is 1.63. The molecule has 1 amide bonds.